The first-order valence-electron chi connectivity index (χ1n) is 11.2. The molecule has 1 aliphatic carbocycles. The van der Waals surface area contributed by atoms with Crippen LogP contribution in [-0.2, 0) is 13.6 Å². The predicted octanol–water partition coefficient (Wildman–Crippen LogP) is 4.06. The molecule has 0 atom stereocenters. The summed E-state index contributed by atoms with van der Waals surface area (Å²) in [5.74, 6) is -0.810. The molecule has 0 radical (unpaired) electrons. The van der Waals surface area contributed by atoms with Crippen LogP contribution in [0.25, 0.3) is 0 Å². The molecule has 10 heteroatoms. The van der Waals surface area contributed by atoms with Crippen molar-refractivity contribution in [2.75, 3.05) is 10.6 Å². The van der Waals surface area contributed by atoms with Crippen molar-refractivity contribution in [3.05, 3.63) is 78.4 Å². The number of fused-ring (bicyclic) bond motifs is 1. The molecule has 4 N–H and O–H groups in total. The van der Waals surface area contributed by atoms with Crippen LogP contribution < -0.4 is 26.8 Å². The number of hydrogen-bond donors (Lipinski definition) is 4. The van der Waals surface area contributed by atoms with E-state index in [1.165, 1.54) is 10.6 Å². The van der Waals surface area contributed by atoms with Gasteiger partial charge >= 0.3 is 0 Å². The van der Waals surface area contributed by atoms with Gasteiger partial charge in [-0.25, -0.2) is 4.39 Å². The summed E-state index contributed by atoms with van der Waals surface area (Å²) < 4.78 is 16.8. The molecule has 3 aromatic rings. The zero-order valence-electron chi connectivity index (χ0n) is 19.1. The van der Waals surface area contributed by atoms with Gasteiger partial charge in [0.25, 0.3) is 17.4 Å². The molecule has 0 unspecified atom stereocenters. The maximum absolute atomic E-state index is 14.7. The van der Waals surface area contributed by atoms with Gasteiger partial charge in [-0.3, -0.25) is 19.0 Å². The molecule has 2 aliphatic rings. The first-order valence-corrected chi connectivity index (χ1v) is 12.3. The van der Waals surface area contributed by atoms with Gasteiger partial charge in [0.15, 0.2) is 0 Å². The lowest BCUT2D eigenvalue weighted by molar-refractivity contribution is 0.0948. The Morgan fingerprint density at radius 3 is 2.63 bits per heavy atom. The van der Waals surface area contributed by atoms with Crippen LogP contribution in [0.5, 0.6) is 0 Å². The normalized spacial score (nSPS) is 14.3. The van der Waals surface area contributed by atoms with Crippen molar-refractivity contribution in [1.29, 1.82) is 0 Å². The first kappa shape index (κ1) is 23.3. The Bertz CT molecular complexity index is 1450. The fourth-order valence-electron chi connectivity index (χ4n) is 4.12. The van der Waals surface area contributed by atoms with E-state index in [1.54, 1.807) is 38.2 Å². The summed E-state index contributed by atoms with van der Waals surface area (Å²) in [5.41, 5.74) is 2.75. The van der Waals surface area contributed by atoms with E-state index in [9.17, 15) is 18.8 Å². The fraction of sp³-hybridized carbons (Fsp3) is 0.240. The second-order valence-corrected chi connectivity index (χ2v) is 10.0. The molecule has 1 aromatic heterocycles. The second-order valence-electron chi connectivity index (χ2n) is 8.76. The number of aromatic nitrogens is 1. The van der Waals surface area contributed by atoms with E-state index in [1.807, 2.05) is 28.7 Å². The lowest BCUT2D eigenvalue weighted by Crippen LogP contribution is -2.32. The lowest BCUT2D eigenvalue weighted by Gasteiger charge is -2.22. The number of pyridine rings is 1. The van der Waals surface area contributed by atoms with E-state index in [-0.39, 0.29) is 40.5 Å². The smallest absolute Gasteiger partial charge is 0.257 e. The third-order valence-electron chi connectivity index (χ3n) is 6.21. The number of anilines is 4. The van der Waals surface area contributed by atoms with Gasteiger partial charge in [0.1, 0.15) is 17.2 Å². The van der Waals surface area contributed by atoms with Crippen LogP contribution in [-0.4, -0.2) is 22.4 Å². The van der Waals surface area contributed by atoms with Crippen molar-refractivity contribution in [2.24, 2.45) is 7.05 Å². The largest absolute Gasteiger partial charge is 0.354 e. The molecule has 35 heavy (non-hydrogen) atoms. The zero-order chi connectivity index (χ0) is 24.9. The highest BCUT2D eigenvalue weighted by atomic mass is 127. The molecule has 0 spiro atoms. The van der Waals surface area contributed by atoms with Crippen molar-refractivity contribution in [3.8, 4) is 0 Å². The molecule has 2 heterocycles. The Morgan fingerprint density at radius 2 is 1.91 bits per heavy atom. The van der Waals surface area contributed by atoms with E-state index < -0.39 is 5.82 Å². The third-order valence-corrected chi connectivity index (χ3v) is 6.88. The lowest BCUT2D eigenvalue weighted by atomic mass is 10.1. The summed E-state index contributed by atoms with van der Waals surface area (Å²) in [4.78, 5) is 38.5. The van der Waals surface area contributed by atoms with Crippen molar-refractivity contribution in [1.82, 2.24) is 15.2 Å². The number of carbonyl (C=O) groups is 2. The highest BCUT2D eigenvalue weighted by Crippen LogP contribution is 2.33. The number of hydrogen-bond acceptors (Lipinski definition) is 5. The summed E-state index contributed by atoms with van der Waals surface area (Å²) in [7, 11) is 1.55. The first-order chi connectivity index (χ1) is 16.7. The molecular formula is C25H23FIN5O3. The molecule has 1 saturated carbocycles. The number of rotatable bonds is 6. The Kier molecular flexibility index (Phi) is 5.99. The summed E-state index contributed by atoms with van der Waals surface area (Å²) in [6, 6.07) is 10.0. The van der Waals surface area contributed by atoms with E-state index in [2.05, 4.69) is 21.3 Å². The van der Waals surface area contributed by atoms with Crippen LogP contribution in [0.15, 0.2) is 41.2 Å². The maximum Gasteiger partial charge on any atom is 0.257 e. The number of carbonyl (C=O) groups excluding carboxylic acids is 2. The highest BCUT2D eigenvalue weighted by molar-refractivity contribution is 14.1. The monoisotopic (exact) mass is 587 g/mol. The minimum atomic E-state index is -0.497. The van der Waals surface area contributed by atoms with Crippen LogP contribution in [0.1, 0.15) is 44.7 Å². The summed E-state index contributed by atoms with van der Waals surface area (Å²) in [6.45, 7) is 2.05. The average Bonchev–Trinajstić information content (AvgIpc) is 3.57. The quantitative estimate of drug-likeness (QED) is 0.326. The van der Waals surface area contributed by atoms with Gasteiger partial charge in [0.05, 0.1) is 11.4 Å². The average molecular weight is 587 g/mol. The molecule has 1 fully saturated rings. The highest BCUT2D eigenvalue weighted by Gasteiger charge is 2.30. The topological polar surface area (TPSA) is 104 Å². The molecule has 5 rings (SSSR count). The number of nitrogens with zero attached hydrogens (tertiary/aromatic N) is 1. The van der Waals surface area contributed by atoms with E-state index >= 15 is 0 Å². The molecule has 0 bridgehead atoms. The molecule has 0 saturated heterocycles. The SMILES string of the molecule is Cc1c(Nc2ccc3c(c2)CNC3=O)c(C(=O)NC2CC2)c(Nc2ccc(I)cc2F)n(C)c1=O. The van der Waals surface area contributed by atoms with Crippen LogP contribution in [0.3, 0.4) is 0 Å². The predicted molar refractivity (Wildman–Crippen MR) is 140 cm³/mol. The Balaban J connectivity index is 1.64. The van der Waals surface area contributed by atoms with Crippen molar-refractivity contribution < 1.29 is 14.0 Å². The Hall–Kier alpha value is -3.41. The fourth-order valence-corrected chi connectivity index (χ4v) is 4.57. The molecule has 2 aromatic carbocycles. The minimum absolute atomic E-state index is 0.0767. The Morgan fingerprint density at radius 1 is 1.14 bits per heavy atom. The van der Waals surface area contributed by atoms with Gasteiger partial charge in [-0.05, 0) is 84.3 Å². The molecule has 180 valence electrons. The second kappa shape index (κ2) is 8.99. The van der Waals surface area contributed by atoms with E-state index in [0.717, 1.165) is 22.0 Å². The van der Waals surface area contributed by atoms with Gasteiger partial charge in [-0.2, -0.15) is 0 Å². The van der Waals surface area contributed by atoms with Gasteiger partial charge in [0.2, 0.25) is 0 Å². The van der Waals surface area contributed by atoms with Gasteiger partial charge in [-0.15, -0.1) is 0 Å². The zero-order valence-corrected chi connectivity index (χ0v) is 21.2. The van der Waals surface area contributed by atoms with Gasteiger partial charge < -0.3 is 21.3 Å². The maximum atomic E-state index is 14.7. The Labute approximate surface area is 214 Å². The molecule has 2 amide bonds. The number of benzene rings is 2. The molecular weight excluding hydrogens is 564 g/mol. The molecule has 8 nitrogen and oxygen atoms in total. The van der Waals surface area contributed by atoms with Crippen LogP contribution in [0.4, 0.5) is 27.3 Å². The molecule has 1 aliphatic heterocycles. The number of nitrogens with one attached hydrogen (secondary N) is 4. The van der Waals surface area contributed by atoms with Crippen molar-refractivity contribution >= 4 is 57.3 Å². The number of halogens is 2. The van der Waals surface area contributed by atoms with Gasteiger partial charge in [-0.1, -0.05) is 0 Å². The number of amides is 2. The van der Waals surface area contributed by atoms with E-state index in [4.69, 9.17) is 0 Å². The van der Waals surface area contributed by atoms with Gasteiger partial charge in [0, 0.05) is 40.0 Å². The van der Waals surface area contributed by atoms with Crippen LogP contribution >= 0.6 is 22.6 Å². The summed E-state index contributed by atoms with van der Waals surface area (Å²) >= 11 is 2.02. The van der Waals surface area contributed by atoms with Crippen molar-refractivity contribution in [3.63, 3.8) is 0 Å². The standard InChI is InChI=1S/C25H23FIN5O3/c1-12-21(29-16-6-7-17-13(9-16)11-28-23(17)33)20(24(34)30-15-4-5-15)22(32(2)25(12)35)31-19-8-3-14(27)10-18(19)26/h3,6-10,15,29,31H,4-5,11H2,1-2H3,(H,28,33)(H,30,34). The van der Waals surface area contributed by atoms with E-state index in [0.29, 0.717) is 29.0 Å². The van der Waals surface area contributed by atoms with Crippen LogP contribution in [0, 0.1) is 16.3 Å². The third kappa shape index (κ3) is 4.49. The minimum Gasteiger partial charge on any atom is -0.354 e. The van der Waals surface area contributed by atoms with Crippen LogP contribution in [0.2, 0.25) is 0 Å². The van der Waals surface area contributed by atoms with Crippen molar-refractivity contribution in [2.45, 2.75) is 32.4 Å². The summed E-state index contributed by atoms with van der Waals surface area (Å²) in [6.07, 6.45) is 1.78. The summed E-state index contributed by atoms with van der Waals surface area (Å²) in [5, 5.41) is 12.0.